The summed E-state index contributed by atoms with van der Waals surface area (Å²) in [6.07, 6.45) is 2.43. The summed E-state index contributed by atoms with van der Waals surface area (Å²) in [5.41, 5.74) is 1.24. The highest BCUT2D eigenvalue weighted by atomic mass is 16.5. The lowest BCUT2D eigenvalue weighted by molar-refractivity contribution is 0.172. The maximum absolute atomic E-state index is 6.11. The molecular formula is C15H23NO2. The van der Waals surface area contributed by atoms with Gasteiger partial charge in [-0.1, -0.05) is 32.4 Å². The van der Waals surface area contributed by atoms with Crippen LogP contribution in [-0.2, 0) is 0 Å². The van der Waals surface area contributed by atoms with Gasteiger partial charge in [0.15, 0.2) is 11.5 Å². The van der Waals surface area contributed by atoms with Gasteiger partial charge in [0, 0.05) is 5.56 Å². The average molecular weight is 249 g/mol. The molecule has 2 atom stereocenters. The Bertz CT molecular complexity index is 392. The summed E-state index contributed by atoms with van der Waals surface area (Å²) >= 11 is 0. The molecule has 0 saturated heterocycles. The lowest BCUT2D eigenvalue weighted by Crippen LogP contribution is -2.30. The van der Waals surface area contributed by atoms with E-state index in [1.807, 2.05) is 19.1 Å². The van der Waals surface area contributed by atoms with Crippen LogP contribution in [0.2, 0.25) is 0 Å². The summed E-state index contributed by atoms with van der Waals surface area (Å²) in [7, 11) is 0. The molecule has 0 aromatic heterocycles. The minimum absolute atomic E-state index is 0.228. The number of para-hydroxylation sites is 1. The molecule has 1 aromatic carbocycles. The van der Waals surface area contributed by atoms with Crippen molar-refractivity contribution < 1.29 is 9.47 Å². The van der Waals surface area contributed by atoms with Crippen LogP contribution >= 0.6 is 0 Å². The van der Waals surface area contributed by atoms with E-state index in [0.29, 0.717) is 12.6 Å². The van der Waals surface area contributed by atoms with Gasteiger partial charge in [-0.15, -0.1) is 0 Å². The summed E-state index contributed by atoms with van der Waals surface area (Å²) < 4.78 is 11.8. The van der Waals surface area contributed by atoms with Crippen LogP contribution in [0.25, 0.3) is 0 Å². The standard InChI is InChI=1S/C15H23NO2/c1-4-8-12-14(16-5-2)11-9-7-10-13(17-6-3)15(11)18-12/h7,9-10,12,14,16H,4-6,8H2,1-3H3. The summed E-state index contributed by atoms with van der Waals surface area (Å²) in [4.78, 5) is 0. The molecule has 0 saturated carbocycles. The topological polar surface area (TPSA) is 30.5 Å². The van der Waals surface area contributed by atoms with Crippen molar-refractivity contribution in [2.24, 2.45) is 0 Å². The van der Waals surface area contributed by atoms with E-state index in [0.717, 1.165) is 30.9 Å². The van der Waals surface area contributed by atoms with Gasteiger partial charge < -0.3 is 14.8 Å². The predicted octanol–water partition coefficient (Wildman–Crippen LogP) is 3.30. The monoisotopic (exact) mass is 249 g/mol. The number of hydrogen-bond donors (Lipinski definition) is 1. The largest absolute Gasteiger partial charge is 0.490 e. The van der Waals surface area contributed by atoms with Gasteiger partial charge in [0.2, 0.25) is 0 Å². The second-order valence-corrected chi connectivity index (χ2v) is 4.59. The van der Waals surface area contributed by atoms with Gasteiger partial charge in [-0.3, -0.25) is 0 Å². The number of fused-ring (bicyclic) bond motifs is 1. The average Bonchev–Trinajstić information content (AvgIpc) is 2.71. The van der Waals surface area contributed by atoms with Crippen LogP contribution in [0.4, 0.5) is 0 Å². The third kappa shape index (κ3) is 2.46. The van der Waals surface area contributed by atoms with Gasteiger partial charge in [-0.05, 0) is 26.0 Å². The first-order valence-electron chi connectivity index (χ1n) is 6.97. The van der Waals surface area contributed by atoms with E-state index in [2.05, 4.69) is 25.2 Å². The Kier molecular flexibility index (Phi) is 4.48. The van der Waals surface area contributed by atoms with E-state index in [1.54, 1.807) is 0 Å². The van der Waals surface area contributed by atoms with E-state index in [9.17, 15) is 0 Å². The van der Waals surface area contributed by atoms with Crippen LogP contribution in [0.3, 0.4) is 0 Å². The second-order valence-electron chi connectivity index (χ2n) is 4.59. The van der Waals surface area contributed by atoms with Crippen LogP contribution in [0.15, 0.2) is 18.2 Å². The molecule has 1 heterocycles. The normalized spacial score (nSPS) is 21.5. The number of rotatable bonds is 6. The molecule has 0 radical (unpaired) electrons. The minimum atomic E-state index is 0.228. The molecule has 1 aliphatic heterocycles. The first-order chi connectivity index (χ1) is 8.81. The SMILES string of the molecule is CCCC1Oc2c(OCC)cccc2C1NCC. The molecule has 0 spiro atoms. The quantitative estimate of drug-likeness (QED) is 0.839. The van der Waals surface area contributed by atoms with E-state index in [4.69, 9.17) is 9.47 Å². The highest BCUT2D eigenvalue weighted by molar-refractivity contribution is 5.51. The molecule has 2 rings (SSSR count). The third-order valence-corrected chi connectivity index (χ3v) is 3.28. The van der Waals surface area contributed by atoms with Crippen molar-refractivity contribution in [2.45, 2.75) is 45.8 Å². The van der Waals surface area contributed by atoms with Crippen LogP contribution in [-0.4, -0.2) is 19.3 Å². The number of nitrogens with one attached hydrogen (secondary N) is 1. The molecule has 3 heteroatoms. The van der Waals surface area contributed by atoms with Crippen molar-refractivity contribution in [3.63, 3.8) is 0 Å². The Morgan fingerprint density at radius 2 is 2.11 bits per heavy atom. The van der Waals surface area contributed by atoms with Crippen molar-refractivity contribution in [1.82, 2.24) is 5.32 Å². The smallest absolute Gasteiger partial charge is 0.166 e. The van der Waals surface area contributed by atoms with Crippen molar-refractivity contribution in [2.75, 3.05) is 13.2 Å². The van der Waals surface area contributed by atoms with Crippen molar-refractivity contribution >= 4 is 0 Å². The van der Waals surface area contributed by atoms with Gasteiger partial charge in [0.25, 0.3) is 0 Å². The Hall–Kier alpha value is -1.22. The highest BCUT2D eigenvalue weighted by Gasteiger charge is 2.34. The summed E-state index contributed by atoms with van der Waals surface area (Å²) in [5.74, 6) is 1.81. The molecule has 0 fully saturated rings. The summed E-state index contributed by atoms with van der Waals surface area (Å²) in [6.45, 7) is 7.95. The van der Waals surface area contributed by atoms with Gasteiger partial charge in [0.1, 0.15) is 6.10 Å². The number of ether oxygens (including phenoxy) is 2. The first kappa shape index (κ1) is 13.2. The maximum Gasteiger partial charge on any atom is 0.166 e. The molecule has 18 heavy (non-hydrogen) atoms. The lowest BCUT2D eigenvalue weighted by atomic mass is 10.0. The zero-order chi connectivity index (χ0) is 13.0. The third-order valence-electron chi connectivity index (χ3n) is 3.28. The lowest BCUT2D eigenvalue weighted by Gasteiger charge is -2.18. The Labute approximate surface area is 109 Å². The molecule has 1 N–H and O–H groups in total. The molecule has 0 amide bonds. The Morgan fingerprint density at radius 3 is 2.78 bits per heavy atom. The van der Waals surface area contributed by atoms with E-state index in [1.165, 1.54) is 5.56 Å². The highest BCUT2D eigenvalue weighted by Crippen LogP contribution is 2.44. The van der Waals surface area contributed by atoms with Gasteiger partial charge in [-0.2, -0.15) is 0 Å². The van der Waals surface area contributed by atoms with Crippen LogP contribution < -0.4 is 14.8 Å². The fourth-order valence-corrected chi connectivity index (χ4v) is 2.56. The van der Waals surface area contributed by atoms with Crippen LogP contribution in [0.1, 0.15) is 45.2 Å². The number of hydrogen-bond acceptors (Lipinski definition) is 3. The zero-order valence-corrected chi connectivity index (χ0v) is 11.5. The van der Waals surface area contributed by atoms with Crippen LogP contribution in [0.5, 0.6) is 11.5 Å². The molecule has 1 aromatic rings. The predicted molar refractivity (Wildman–Crippen MR) is 73.4 cm³/mol. The second kappa shape index (κ2) is 6.10. The fourth-order valence-electron chi connectivity index (χ4n) is 2.56. The maximum atomic E-state index is 6.11. The minimum Gasteiger partial charge on any atom is -0.490 e. The summed E-state index contributed by atoms with van der Waals surface area (Å²) in [5, 5.41) is 3.52. The van der Waals surface area contributed by atoms with Crippen molar-refractivity contribution in [3.8, 4) is 11.5 Å². The van der Waals surface area contributed by atoms with Gasteiger partial charge in [-0.25, -0.2) is 0 Å². The van der Waals surface area contributed by atoms with E-state index >= 15 is 0 Å². The molecule has 0 aliphatic carbocycles. The Morgan fingerprint density at radius 1 is 1.28 bits per heavy atom. The number of benzene rings is 1. The molecule has 100 valence electrons. The zero-order valence-electron chi connectivity index (χ0n) is 11.5. The van der Waals surface area contributed by atoms with E-state index < -0.39 is 0 Å². The van der Waals surface area contributed by atoms with Gasteiger partial charge >= 0.3 is 0 Å². The fraction of sp³-hybridized carbons (Fsp3) is 0.600. The summed E-state index contributed by atoms with van der Waals surface area (Å²) in [6, 6.07) is 6.47. The van der Waals surface area contributed by atoms with E-state index in [-0.39, 0.29) is 6.10 Å². The Balaban J connectivity index is 2.29. The van der Waals surface area contributed by atoms with Gasteiger partial charge in [0.05, 0.1) is 12.6 Å². The molecular weight excluding hydrogens is 226 g/mol. The molecule has 3 nitrogen and oxygen atoms in total. The van der Waals surface area contributed by atoms with Crippen molar-refractivity contribution in [3.05, 3.63) is 23.8 Å². The first-order valence-corrected chi connectivity index (χ1v) is 6.97. The molecule has 0 bridgehead atoms. The molecule has 2 unspecified atom stereocenters. The molecule has 1 aliphatic rings. The van der Waals surface area contributed by atoms with Crippen LogP contribution in [0, 0.1) is 0 Å². The number of likely N-dealkylation sites (N-methyl/N-ethyl adjacent to an activating group) is 1. The van der Waals surface area contributed by atoms with Crippen molar-refractivity contribution in [1.29, 1.82) is 0 Å².